The van der Waals surface area contributed by atoms with Gasteiger partial charge in [0.1, 0.15) is 0 Å². The monoisotopic (exact) mass is 206 g/mol. The van der Waals surface area contributed by atoms with E-state index < -0.39 is 5.97 Å². The molecule has 2 rings (SSSR count). The lowest BCUT2D eigenvalue weighted by Crippen LogP contribution is -2.20. The number of nitrogens with one attached hydrogen (secondary N) is 1. The average Bonchev–Trinajstić information content (AvgIpc) is 2.67. The summed E-state index contributed by atoms with van der Waals surface area (Å²) in [7, 11) is 0. The molecule has 4 N–H and O–H groups in total. The van der Waals surface area contributed by atoms with Crippen LogP contribution >= 0.6 is 0 Å². The minimum atomic E-state index is -0.734. The average molecular weight is 206 g/mol. The standard InChI is InChI=1S/C11H14N2O2/c12-8-3-1-7(2-4-8)9-5-13-6-10(9)11(14)15/h1-4,9-10,13H,5-6,12H2,(H,14,15)/t9-,10+/m0/s1. The predicted octanol–water partition coefficient (Wildman–Crippen LogP) is 0.656. The molecule has 1 heterocycles. The number of hydrogen-bond acceptors (Lipinski definition) is 3. The third-order valence-corrected chi connectivity index (χ3v) is 2.90. The van der Waals surface area contributed by atoms with Gasteiger partial charge in [-0.15, -0.1) is 0 Å². The van der Waals surface area contributed by atoms with Crippen LogP contribution in [0.3, 0.4) is 0 Å². The van der Waals surface area contributed by atoms with Crippen LogP contribution in [0.2, 0.25) is 0 Å². The maximum Gasteiger partial charge on any atom is 0.308 e. The Morgan fingerprint density at radius 2 is 2.00 bits per heavy atom. The maximum absolute atomic E-state index is 11.0. The Morgan fingerprint density at radius 1 is 1.33 bits per heavy atom. The van der Waals surface area contributed by atoms with Gasteiger partial charge in [0.05, 0.1) is 5.92 Å². The van der Waals surface area contributed by atoms with Gasteiger partial charge in [-0.05, 0) is 17.7 Å². The van der Waals surface area contributed by atoms with Crippen molar-refractivity contribution in [2.24, 2.45) is 5.92 Å². The third-order valence-electron chi connectivity index (χ3n) is 2.90. The summed E-state index contributed by atoms with van der Waals surface area (Å²) >= 11 is 0. The molecule has 80 valence electrons. The van der Waals surface area contributed by atoms with Gasteiger partial charge in [-0.1, -0.05) is 12.1 Å². The molecule has 0 aliphatic carbocycles. The van der Waals surface area contributed by atoms with Crippen molar-refractivity contribution >= 4 is 11.7 Å². The Bertz CT molecular complexity index is 361. The van der Waals surface area contributed by atoms with Gasteiger partial charge < -0.3 is 16.2 Å². The van der Waals surface area contributed by atoms with Crippen molar-refractivity contribution < 1.29 is 9.90 Å². The normalized spacial score (nSPS) is 25.3. The van der Waals surface area contributed by atoms with E-state index in [0.29, 0.717) is 12.2 Å². The Labute approximate surface area is 88.1 Å². The molecule has 0 spiro atoms. The zero-order chi connectivity index (χ0) is 10.8. The van der Waals surface area contributed by atoms with E-state index in [9.17, 15) is 4.79 Å². The van der Waals surface area contributed by atoms with Gasteiger partial charge in [0.15, 0.2) is 0 Å². The molecule has 0 amide bonds. The van der Waals surface area contributed by atoms with Crippen molar-refractivity contribution in [2.45, 2.75) is 5.92 Å². The van der Waals surface area contributed by atoms with Crippen molar-refractivity contribution in [3.63, 3.8) is 0 Å². The van der Waals surface area contributed by atoms with Gasteiger partial charge in [0.25, 0.3) is 0 Å². The van der Waals surface area contributed by atoms with Gasteiger partial charge in [-0.25, -0.2) is 0 Å². The molecule has 0 unspecified atom stereocenters. The highest BCUT2D eigenvalue weighted by Crippen LogP contribution is 2.28. The third kappa shape index (κ3) is 1.94. The number of nitrogen functional groups attached to an aromatic ring is 1. The second-order valence-corrected chi connectivity index (χ2v) is 3.88. The smallest absolute Gasteiger partial charge is 0.308 e. The number of carbonyl (C=O) groups is 1. The minimum Gasteiger partial charge on any atom is -0.481 e. The number of carboxylic acid groups (broad SMARTS) is 1. The molecule has 1 fully saturated rings. The molecule has 15 heavy (non-hydrogen) atoms. The van der Waals surface area contributed by atoms with Gasteiger partial charge in [-0.2, -0.15) is 0 Å². The Kier molecular flexibility index (Phi) is 2.60. The fourth-order valence-corrected chi connectivity index (χ4v) is 2.03. The van der Waals surface area contributed by atoms with E-state index in [2.05, 4.69) is 5.32 Å². The minimum absolute atomic E-state index is 0.0584. The number of carboxylic acids is 1. The number of rotatable bonds is 2. The molecule has 1 aliphatic heterocycles. The van der Waals surface area contributed by atoms with E-state index in [1.54, 1.807) is 0 Å². The van der Waals surface area contributed by atoms with E-state index in [4.69, 9.17) is 10.8 Å². The molecule has 1 saturated heterocycles. The molecular formula is C11H14N2O2. The first kappa shape index (κ1) is 9.98. The molecule has 0 radical (unpaired) electrons. The summed E-state index contributed by atoms with van der Waals surface area (Å²) in [4.78, 5) is 11.0. The first-order valence-electron chi connectivity index (χ1n) is 4.97. The molecule has 1 aromatic carbocycles. The molecule has 0 saturated carbocycles. The van der Waals surface area contributed by atoms with Gasteiger partial charge in [0.2, 0.25) is 0 Å². The van der Waals surface area contributed by atoms with Crippen LogP contribution < -0.4 is 11.1 Å². The molecule has 0 aromatic heterocycles. The van der Waals surface area contributed by atoms with Crippen molar-refractivity contribution in [3.8, 4) is 0 Å². The summed E-state index contributed by atoms with van der Waals surface area (Å²) in [5.74, 6) is -1.00. The first-order chi connectivity index (χ1) is 7.18. The Hall–Kier alpha value is -1.55. The Morgan fingerprint density at radius 3 is 2.60 bits per heavy atom. The number of aliphatic carboxylic acids is 1. The molecule has 1 aromatic rings. The molecule has 4 heteroatoms. The zero-order valence-corrected chi connectivity index (χ0v) is 8.31. The molecule has 2 atom stereocenters. The lowest BCUT2D eigenvalue weighted by atomic mass is 9.89. The molecule has 4 nitrogen and oxygen atoms in total. The summed E-state index contributed by atoms with van der Waals surface area (Å²) in [6.45, 7) is 1.27. The predicted molar refractivity (Wildman–Crippen MR) is 57.6 cm³/mol. The van der Waals surface area contributed by atoms with Crippen molar-refractivity contribution in [1.82, 2.24) is 5.32 Å². The van der Waals surface area contributed by atoms with Crippen LogP contribution in [0.1, 0.15) is 11.5 Å². The van der Waals surface area contributed by atoms with Crippen LogP contribution in [0.4, 0.5) is 5.69 Å². The van der Waals surface area contributed by atoms with Crippen LogP contribution in [-0.4, -0.2) is 24.2 Å². The highest BCUT2D eigenvalue weighted by atomic mass is 16.4. The summed E-state index contributed by atoms with van der Waals surface area (Å²) in [5.41, 5.74) is 7.34. The van der Waals surface area contributed by atoms with E-state index >= 15 is 0 Å². The lowest BCUT2D eigenvalue weighted by molar-refractivity contribution is -0.141. The van der Waals surface area contributed by atoms with Crippen molar-refractivity contribution in [1.29, 1.82) is 0 Å². The SMILES string of the molecule is Nc1ccc([C@@H]2CNC[C@H]2C(=O)O)cc1. The largest absolute Gasteiger partial charge is 0.481 e. The summed E-state index contributed by atoms with van der Waals surface area (Å²) in [6.07, 6.45) is 0. The number of benzene rings is 1. The van der Waals surface area contributed by atoms with Crippen molar-refractivity contribution in [2.75, 3.05) is 18.8 Å². The van der Waals surface area contributed by atoms with E-state index in [1.807, 2.05) is 24.3 Å². The van der Waals surface area contributed by atoms with Gasteiger partial charge >= 0.3 is 5.97 Å². The van der Waals surface area contributed by atoms with Crippen LogP contribution in [-0.2, 0) is 4.79 Å². The number of nitrogens with two attached hydrogens (primary N) is 1. The maximum atomic E-state index is 11.0. The second-order valence-electron chi connectivity index (χ2n) is 3.88. The number of anilines is 1. The Balaban J connectivity index is 2.22. The van der Waals surface area contributed by atoms with Gasteiger partial charge in [-0.3, -0.25) is 4.79 Å². The second kappa shape index (κ2) is 3.90. The quantitative estimate of drug-likeness (QED) is 0.621. The van der Waals surface area contributed by atoms with Crippen LogP contribution in [0.5, 0.6) is 0 Å². The molecular weight excluding hydrogens is 192 g/mol. The lowest BCUT2D eigenvalue weighted by Gasteiger charge is -2.14. The summed E-state index contributed by atoms with van der Waals surface area (Å²) < 4.78 is 0. The molecule has 0 bridgehead atoms. The van der Waals surface area contributed by atoms with Crippen LogP contribution in [0.25, 0.3) is 0 Å². The zero-order valence-electron chi connectivity index (χ0n) is 8.31. The summed E-state index contributed by atoms with van der Waals surface area (Å²) in [6, 6.07) is 7.44. The topological polar surface area (TPSA) is 75.3 Å². The highest BCUT2D eigenvalue weighted by Gasteiger charge is 2.33. The van der Waals surface area contributed by atoms with Gasteiger partial charge in [0, 0.05) is 24.7 Å². The van der Waals surface area contributed by atoms with Crippen molar-refractivity contribution in [3.05, 3.63) is 29.8 Å². The van der Waals surface area contributed by atoms with E-state index in [1.165, 1.54) is 0 Å². The highest BCUT2D eigenvalue weighted by molar-refractivity contribution is 5.72. The summed E-state index contributed by atoms with van der Waals surface area (Å²) in [5, 5.41) is 12.1. The molecule has 1 aliphatic rings. The van der Waals surface area contributed by atoms with Crippen LogP contribution in [0.15, 0.2) is 24.3 Å². The van der Waals surface area contributed by atoms with E-state index in [0.717, 1.165) is 12.1 Å². The first-order valence-corrected chi connectivity index (χ1v) is 4.97. The fraction of sp³-hybridized carbons (Fsp3) is 0.364. The fourth-order valence-electron chi connectivity index (χ4n) is 2.03. The van der Waals surface area contributed by atoms with Crippen LogP contribution in [0, 0.1) is 5.92 Å². The number of hydrogen-bond donors (Lipinski definition) is 3. The van der Waals surface area contributed by atoms with E-state index in [-0.39, 0.29) is 11.8 Å².